The molecule has 17 heavy (non-hydrogen) atoms. The molecule has 1 aromatic rings. The normalized spacial score (nSPS) is 13.9. The van der Waals surface area contributed by atoms with E-state index in [9.17, 15) is 0 Å². The van der Waals surface area contributed by atoms with Crippen molar-refractivity contribution in [1.82, 2.24) is 5.32 Å². The van der Waals surface area contributed by atoms with Crippen molar-refractivity contribution in [2.45, 2.75) is 51.7 Å². The fraction of sp³-hybridized carbons (Fsp3) is 0.714. The quantitative estimate of drug-likeness (QED) is 0.757. The molecule has 0 aliphatic rings. The van der Waals surface area contributed by atoms with Crippen molar-refractivity contribution in [2.75, 3.05) is 13.7 Å². The van der Waals surface area contributed by atoms with Gasteiger partial charge in [0.1, 0.15) is 0 Å². The van der Waals surface area contributed by atoms with Gasteiger partial charge in [-0.25, -0.2) is 0 Å². The molecular weight excluding hydrogens is 214 g/mol. The summed E-state index contributed by atoms with van der Waals surface area (Å²) in [6.45, 7) is 7.20. The fourth-order valence-corrected chi connectivity index (χ4v) is 2.53. The summed E-state index contributed by atoms with van der Waals surface area (Å²) in [7, 11) is 2.00. The van der Waals surface area contributed by atoms with Gasteiger partial charge in [-0.3, -0.25) is 0 Å². The van der Waals surface area contributed by atoms with Gasteiger partial charge in [0.25, 0.3) is 0 Å². The lowest BCUT2D eigenvalue weighted by Gasteiger charge is -2.39. The molecule has 1 atom stereocenters. The second-order valence-electron chi connectivity index (χ2n) is 4.38. The van der Waals surface area contributed by atoms with Crippen LogP contribution in [0.15, 0.2) is 23.0 Å². The third kappa shape index (κ3) is 3.33. The molecule has 98 valence electrons. The van der Waals surface area contributed by atoms with Gasteiger partial charge in [0.15, 0.2) is 0 Å². The summed E-state index contributed by atoms with van der Waals surface area (Å²) >= 11 is 0. The molecule has 1 heterocycles. The molecule has 1 aromatic heterocycles. The Labute approximate surface area is 105 Å². The number of ether oxygens (including phenoxy) is 1. The highest BCUT2D eigenvalue weighted by molar-refractivity contribution is 5.10. The standard InChI is InChI=1S/C14H25NO2/c1-5-14(6-2,17-7-3)13(15-4)10-12-8-9-16-11-12/h8-9,11,13,15H,5-7,10H2,1-4H3. The van der Waals surface area contributed by atoms with Gasteiger partial charge >= 0.3 is 0 Å². The van der Waals surface area contributed by atoms with E-state index in [2.05, 4.69) is 26.1 Å². The van der Waals surface area contributed by atoms with Gasteiger partial charge in [0, 0.05) is 12.6 Å². The zero-order chi connectivity index (χ0) is 12.7. The Bertz CT molecular complexity index is 291. The molecule has 1 rings (SSSR count). The Morgan fingerprint density at radius 1 is 1.35 bits per heavy atom. The minimum absolute atomic E-state index is 0.0826. The monoisotopic (exact) mass is 239 g/mol. The molecule has 0 aromatic carbocycles. The van der Waals surface area contributed by atoms with Crippen LogP contribution in [0.25, 0.3) is 0 Å². The molecule has 0 radical (unpaired) electrons. The van der Waals surface area contributed by atoms with Gasteiger partial charge in [-0.05, 0) is 44.9 Å². The summed E-state index contributed by atoms with van der Waals surface area (Å²) in [6.07, 6.45) is 6.50. The summed E-state index contributed by atoms with van der Waals surface area (Å²) in [4.78, 5) is 0. The summed E-state index contributed by atoms with van der Waals surface area (Å²) in [5.41, 5.74) is 1.14. The molecule has 0 bridgehead atoms. The van der Waals surface area contributed by atoms with E-state index < -0.39 is 0 Å². The first-order valence-corrected chi connectivity index (χ1v) is 6.54. The van der Waals surface area contributed by atoms with Crippen LogP contribution in [0.4, 0.5) is 0 Å². The van der Waals surface area contributed by atoms with Gasteiger partial charge in [0.05, 0.1) is 18.1 Å². The minimum Gasteiger partial charge on any atom is -0.472 e. The summed E-state index contributed by atoms with van der Waals surface area (Å²) in [5, 5.41) is 3.40. The number of hydrogen-bond donors (Lipinski definition) is 1. The number of furan rings is 1. The van der Waals surface area contributed by atoms with E-state index in [4.69, 9.17) is 9.15 Å². The van der Waals surface area contributed by atoms with Crippen molar-refractivity contribution >= 4 is 0 Å². The van der Waals surface area contributed by atoms with Gasteiger partial charge in [-0.2, -0.15) is 0 Å². The Balaban J connectivity index is 2.80. The summed E-state index contributed by atoms with van der Waals surface area (Å²) < 4.78 is 11.2. The predicted molar refractivity (Wildman–Crippen MR) is 70.2 cm³/mol. The predicted octanol–water partition coefficient (Wildman–Crippen LogP) is 3.01. The van der Waals surface area contributed by atoms with E-state index in [-0.39, 0.29) is 5.60 Å². The van der Waals surface area contributed by atoms with E-state index in [1.807, 2.05) is 19.4 Å². The van der Waals surface area contributed by atoms with Crippen molar-refractivity contribution in [3.8, 4) is 0 Å². The summed E-state index contributed by atoms with van der Waals surface area (Å²) in [5.74, 6) is 0. The van der Waals surface area contributed by atoms with Crippen LogP contribution in [0.5, 0.6) is 0 Å². The molecule has 0 aliphatic heterocycles. The van der Waals surface area contributed by atoms with Crippen LogP contribution in [0, 0.1) is 0 Å². The van der Waals surface area contributed by atoms with Crippen LogP contribution in [0.1, 0.15) is 39.2 Å². The van der Waals surface area contributed by atoms with Crippen LogP contribution in [-0.2, 0) is 11.2 Å². The highest BCUT2D eigenvalue weighted by Gasteiger charge is 2.35. The topological polar surface area (TPSA) is 34.4 Å². The maximum Gasteiger partial charge on any atom is 0.0935 e. The van der Waals surface area contributed by atoms with Crippen LogP contribution in [0.3, 0.4) is 0 Å². The zero-order valence-corrected chi connectivity index (χ0v) is 11.5. The molecule has 0 aliphatic carbocycles. The number of nitrogens with one attached hydrogen (secondary N) is 1. The first-order valence-electron chi connectivity index (χ1n) is 6.54. The first kappa shape index (κ1) is 14.3. The van der Waals surface area contributed by atoms with Gasteiger partial charge in [-0.1, -0.05) is 13.8 Å². The summed E-state index contributed by atoms with van der Waals surface area (Å²) in [6, 6.07) is 2.34. The Morgan fingerprint density at radius 2 is 2.06 bits per heavy atom. The van der Waals surface area contributed by atoms with Crippen LogP contribution in [-0.4, -0.2) is 25.3 Å². The Kier molecular flexibility index (Phi) is 5.72. The van der Waals surface area contributed by atoms with Gasteiger partial charge in [0.2, 0.25) is 0 Å². The molecule has 0 spiro atoms. The molecule has 0 saturated carbocycles. The maximum atomic E-state index is 6.04. The van der Waals surface area contributed by atoms with Crippen molar-refractivity contribution in [1.29, 1.82) is 0 Å². The third-order valence-electron chi connectivity index (χ3n) is 3.63. The smallest absolute Gasteiger partial charge is 0.0935 e. The first-order chi connectivity index (χ1) is 8.22. The third-order valence-corrected chi connectivity index (χ3v) is 3.63. The van der Waals surface area contributed by atoms with Crippen LogP contribution < -0.4 is 5.32 Å². The molecule has 3 heteroatoms. The largest absolute Gasteiger partial charge is 0.472 e. The van der Waals surface area contributed by atoms with E-state index in [1.165, 1.54) is 5.56 Å². The highest BCUT2D eigenvalue weighted by Crippen LogP contribution is 2.27. The molecule has 0 amide bonds. The average Bonchev–Trinajstić information content (AvgIpc) is 2.86. The minimum atomic E-state index is -0.0826. The molecule has 1 N–H and O–H groups in total. The lowest BCUT2D eigenvalue weighted by molar-refractivity contribution is -0.0703. The number of rotatable bonds is 8. The lowest BCUT2D eigenvalue weighted by atomic mass is 9.85. The second-order valence-corrected chi connectivity index (χ2v) is 4.38. The van der Waals surface area contributed by atoms with Crippen molar-refractivity contribution in [3.63, 3.8) is 0 Å². The molecule has 1 unspecified atom stereocenters. The van der Waals surface area contributed by atoms with E-state index >= 15 is 0 Å². The number of likely N-dealkylation sites (N-methyl/N-ethyl adjacent to an activating group) is 1. The highest BCUT2D eigenvalue weighted by atomic mass is 16.5. The Morgan fingerprint density at radius 3 is 2.47 bits per heavy atom. The van der Waals surface area contributed by atoms with Crippen molar-refractivity contribution in [3.05, 3.63) is 24.2 Å². The lowest BCUT2D eigenvalue weighted by Crippen LogP contribution is -2.52. The SMILES string of the molecule is CCOC(CC)(CC)C(Cc1ccoc1)NC. The fourth-order valence-electron chi connectivity index (χ4n) is 2.53. The van der Waals surface area contributed by atoms with Crippen LogP contribution in [0.2, 0.25) is 0 Å². The van der Waals surface area contributed by atoms with Gasteiger partial charge in [-0.15, -0.1) is 0 Å². The van der Waals surface area contributed by atoms with Crippen molar-refractivity contribution < 1.29 is 9.15 Å². The molecular formula is C14H25NO2. The molecule has 0 fully saturated rings. The molecule has 3 nitrogen and oxygen atoms in total. The van der Waals surface area contributed by atoms with Crippen molar-refractivity contribution in [2.24, 2.45) is 0 Å². The number of hydrogen-bond acceptors (Lipinski definition) is 3. The zero-order valence-electron chi connectivity index (χ0n) is 11.5. The van der Waals surface area contributed by atoms with E-state index in [0.717, 1.165) is 25.9 Å². The van der Waals surface area contributed by atoms with Crippen LogP contribution >= 0.6 is 0 Å². The second kappa shape index (κ2) is 6.82. The van der Waals surface area contributed by atoms with E-state index in [0.29, 0.717) is 6.04 Å². The average molecular weight is 239 g/mol. The van der Waals surface area contributed by atoms with Gasteiger partial charge < -0.3 is 14.5 Å². The Hall–Kier alpha value is -0.800. The maximum absolute atomic E-state index is 6.04. The molecule has 0 saturated heterocycles. The van der Waals surface area contributed by atoms with E-state index in [1.54, 1.807) is 6.26 Å².